The van der Waals surface area contributed by atoms with Crippen molar-refractivity contribution in [3.63, 3.8) is 0 Å². The predicted molar refractivity (Wildman–Crippen MR) is 89.9 cm³/mol. The van der Waals surface area contributed by atoms with Crippen molar-refractivity contribution in [2.24, 2.45) is 0 Å². The van der Waals surface area contributed by atoms with E-state index in [9.17, 15) is 9.59 Å². The van der Waals surface area contributed by atoms with E-state index in [2.05, 4.69) is 15.9 Å². The van der Waals surface area contributed by atoms with Crippen molar-refractivity contribution in [1.82, 2.24) is 5.06 Å². The standard InChI is InChI=1S/C16H16BrNO6/c1-21-12-8-10(9-13(22-2)15(12)23-3)4-5-14(19)18-16(20)11(17)6-7-24-18/h4-6,8-9H,7H2,1-3H3. The highest BCUT2D eigenvalue weighted by Gasteiger charge is 2.26. The molecule has 1 heterocycles. The van der Waals surface area contributed by atoms with Gasteiger partial charge < -0.3 is 14.2 Å². The monoisotopic (exact) mass is 397 g/mol. The third kappa shape index (κ3) is 3.77. The van der Waals surface area contributed by atoms with Crippen LogP contribution in [-0.2, 0) is 14.4 Å². The van der Waals surface area contributed by atoms with E-state index in [0.717, 1.165) is 0 Å². The Morgan fingerprint density at radius 3 is 2.38 bits per heavy atom. The maximum absolute atomic E-state index is 12.1. The summed E-state index contributed by atoms with van der Waals surface area (Å²) in [5.41, 5.74) is 0.636. The van der Waals surface area contributed by atoms with Crippen LogP contribution in [-0.4, -0.2) is 44.8 Å². The highest BCUT2D eigenvalue weighted by Crippen LogP contribution is 2.38. The van der Waals surface area contributed by atoms with E-state index in [1.807, 2.05) is 0 Å². The van der Waals surface area contributed by atoms with Crippen LogP contribution in [0.5, 0.6) is 17.2 Å². The second-order valence-electron chi connectivity index (χ2n) is 4.58. The van der Waals surface area contributed by atoms with Gasteiger partial charge in [-0.15, -0.1) is 5.06 Å². The van der Waals surface area contributed by atoms with Gasteiger partial charge in [-0.05, 0) is 45.8 Å². The number of amides is 2. The summed E-state index contributed by atoms with van der Waals surface area (Å²) in [4.78, 5) is 29.0. The van der Waals surface area contributed by atoms with Gasteiger partial charge >= 0.3 is 0 Å². The molecule has 1 aromatic carbocycles. The predicted octanol–water partition coefficient (Wildman–Crippen LogP) is 2.30. The van der Waals surface area contributed by atoms with E-state index in [1.54, 1.807) is 12.1 Å². The Morgan fingerprint density at radius 1 is 1.21 bits per heavy atom. The van der Waals surface area contributed by atoms with Crippen LogP contribution in [0.4, 0.5) is 0 Å². The van der Waals surface area contributed by atoms with Crippen molar-refractivity contribution in [1.29, 1.82) is 0 Å². The number of halogens is 1. The zero-order valence-corrected chi connectivity index (χ0v) is 15.0. The van der Waals surface area contributed by atoms with E-state index in [0.29, 0.717) is 27.9 Å². The third-order valence-corrected chi connectivity index (χ3v) is 3.82. The highest BCUT2D eigenvalue weighted by molar-refractivity contribution is 9.12. The van der Waals surface area contributed by atoms with Crippen LogP contribution < -0.4 is 14.2 Å². The maximum atomic E-state index is 12.1. The van der Waals surface area contributed by atoms with Crippen molar-refractivity contribution in [3.8, 4) is 17.2 Å². The van der Waals surface area contributed by atoms with Gasteiger partial charge in [0.15, 0.2) is 11.5 Å². The van der Waals surface area contributed by atoms with Crippen molar-refractivity contribution >= 4 is 33.8 Å². The Morgan fingerprint density at radius 2 is 1.83 bits per heavy atom. The topological polar surface area (TPSA) is 74.3 Å². The van der Waals surface area contributed by atoms with Gasteiger partial charge in [0.1, 0.15) is 0 Å². The van der Waals surface area contributed by atoms with Crippen LogP contribution in [0.15, 0.2) is 28.8 Å². The van der Waals surface area contributed by atoms with Gasteiger partial charge in [0.2, 0.25) is 5.75 Å². The first-order valence-electron chi connectivity index (χ1n) is 6.87. The normalized spacial score (nSPS) is 14.6. The molecule has 1 aliphatic heterocycles. The van der Waals surface area contributed by atoms with Gasteiger partial charge in [-0.2, -0.15) is 0 Å². The molecule has 128 valence electrons. The zero-order chi connectivity index (χ0) is 17.7. The van der Waals surface area contributed by atoms with Crippen LogP contribution >= 0.6 is 15.9 Å². The summed E-state index contributed by atoms with van der Waals surface area (Å²) in [5.74, 6) is 0.214. The van der Waals surface area contributed by atoms with Gasteiger partial charge in [0.25, 0.3) is 11.8 Å². The molecule has 0 atom stereocenters. The number of imide groups is 1. The molecule has 0 radical (unpaired) electrons. The molecule has 0 aromatic heterocycles. The summed E-state index contributed by atoms with van der Waals surface area (Å²) in [6.07, 6.45) is 4.29. The molecule has 0 saturated carbocycles. The smallest absolute Gasteiger partial charge is 0.291 e. The summed E-state index contributed by atoms with van der Waals surface area (Å²) < 4.78 is 16.0. The van der Waals surface area contributed by atoms with E-state index >= 15 is 0 Å². The van der Waals surface area contributed by atoms with Crippen LogP contribution in [0.3, 0.4) is 0 Å². The number of rotatable bonds is 5. The van der Waals surface area contributed by atoms with Gasteiger partial charge in [-0.25, -0.2) is 0 Å². The zero-order valence-electron chi connectivity index (χ0n) is 13.4. The van der Waals surface area contributed by atoms with Crippen LogP contribution in [0, 0.1) is 0 Å². The Balaban J connectivity index is 2.24. The number of hydrogen-bond donors (Lipinski definition) is 0. The fraction of sp³-hybridized carbons (Fsp3) is 0.250. The highest BCUT2D eigenvalue weighted by atomic mass is 79.9. The van der Waals surface area contributed by atoms with Crippen molar-refractivity contribution in [2.45, 2.75) is 0 Å². The number of hydroxylamine groups is 2. The number of carbonyl (C=O) groups excluding carboxylic acids is 2. The SMILES string of the molecule is COc1cc(C=CC(=O)N2OCC=C(Br)C2=O)cc(OC)c1OC. The third-order valence-electron chi connectivity index (χ3n) is 3.16. The molecular formula is C16H16BrNO6. The largest absolute Gasteiger partial charge is 0.493 e. The van der Waals surface area contributed by atoms with Gasteiger partial charge in [-0.3, -0.25) is 14.4 Å². The number of benzene rings is 1. The first-order valence-corrected chi connectivity index (χ1v) is 7.66. The fourth-order valence-electron chi connectivity index (χ4n) is 2.02. The Labute approximate surface area is 147 Å². The average Bonchev–Trinajstić information content (AvgIpc) is 2.60. The number of carbonyl (C=O) groups is 2. The summed E-state index contributed by atoms with van der Waals surface area (Å²) in [6, 6.07) is 3.36. The summed E-state index contributed by atoms with van der Waals surface area (Å²) in [6.45, 7) is 0.135. The summed E-state index contributed by atoms with van der Waals surface area (Å²) in [5, 5.41) is 0.693. The molecule has 7 nitrogen and oxygen atoms in total. The lowest BCUT2D eigenvalue weighted by Gasteiger charge is -2.20. The summed E-state index contributed by atoms with van der Waals surface area (Å²) in [7, 11) is 4.50. The first kappa shape index (κ1) is 18.0. The van der Waals surface area contributed by atoms with Gasteiger partial charge in [0.05, 0.1) is 32.4 Å². The molecule has 2 amide bonds. The number of nitrogens with zero attached hydrogens (tertiary/aromatic N) is 1. The number of ether oxygens (including phenoxy) is 3. The van der Waals surface area contributed by atoms with Gasteiger partial charge in [0, 0.05) is 6.08 Å². The number of methoxy groups -OCH3 is 3. The number of hydrogen-bond acceptors (Lipinski definition) is 6. The molecule has 1 aliphatic rings. The van der Waals surface area contributed by atoms with Crippen molar-refractivity contribution in [2.75, 3.05) is 27.9 Å². The quantitative estimate of drug-likeness (QED) is 0.709. The Bertz CT molecular complexity index is 688. The molecule has 0 bridgehead atoms. The molecule has 24 heavy (non-hydrogen) atoms. The Hall–Kier alpha value is -2.32. The molecule has 0 unspecified atom stereocenters. The minimum absolute atomic E-state index is 0.135. The first-order chi connectivity index (χ1) is 11.5. The van der Waals surface area contributed by atoms with E-state index < -0.39 is 11.8 Å². The minimum Gasteiger partial charge on any atom is -0.493 e. The molecule has 0 aliphatic carbocycles. The van der Waals surface area contributed by atoms with Crippen LogP contribution in [0.2, 0.25) is 0 Å². The van der Waals surface area contributed by atoms with Crippen molar-refractivity contribution < 1.29 is 28.6 Å². The maximum Gasteiger partial charge on any atom is 0.291 e. The lowest BCUT2D eigenvalue weighted by Crippen LogP contribution is -2.38. The lowest BCUT2D eigenvalue weighted by molar-refractivity contribution is -0.187. The fourth-order valence-corrected chi connectivity index (χ4v) is 2.32. The van der Waals surface area contributed by atoms with Gasteiger partial charge in [-0.1, -0.05) is 0 Å². The molecular weight excluding hydrogens is 382 g/mol. The van der Waals surface area contributed by atoms with Crippen LogP contribution in [0.1, 0.15) is 5.56 Å². The lowest BCUT2D eigenvalue weighted by atomic mass is 10.1. The van der Waals surface area contributed by atoms with Crippen LogP contribution in [0.25, 0.3) is 6.08 Å². The second kappa shape index (κ2) is 7.98. The minimum atomic E-state index is -0.598. The van der Waals surface area contributed by atoms with Crippen molar-refractivity contribution in [3.05, 3.63) is 34.3 Å². The molecule has 8 heteroatoms. The molecule has 0 spiro atoms. The molecule has 2 rings (SSSR count). The molecule has 0 N–H and O–H groups in total. The average molecular weight is 398 g/mol. The molecule has 0 fully saturated rings. The second-order valence-corrected chi connectivity index (χ2v) is 5.43. The Kier molecular flexibility index (Phi) is 5.99. The molecule has 1 aromatic rings. The van der Waals surface area contributed by atoms with E-state index in [4.69, 9.17) is 19.0 Å². The molecule has 0 saturated heterocycles. The summed E-state index contributed by atoms with van der Waals surface area (Å²) >= 11 is 3.08. The van der Waals surface area contributed by atoms with E-state index in [-0.39, 0.29) is 11.1 Å². The van der Waals surface area contributed by atoms with E-state index in [1.165, 1.54) is 39.6 Å².